The van der Waals surface area contributed by atoms with Gasteiger partial charge in [0.2, 0.25) is 0 Å². The van der Waals surface area contributed by atoms with Crippen molar-refractivity contribution in [1.29, 1.82) is 0 Å². The van der Waals surface area contributed by atoms with E-state index in [0.717, 1.165) is 53.4 Å². The number of carbonyl (C=O) groups excluding carboxylic acids is 1. The van der Waals surface area contributed by atoms with Crippen LogP contribution in [-0.4, -0.2) is 23.0 Å². The number of hydrogen-bond acceptors (Lipinski definition) is 3. The topological polar surface area (TPSA) is 54.0 Å². The number of aryl methyl sites for hydroxylation is 2. The monoisotopic (exact) mass is 407 g/mol. The molecular formula is C24H26ClN3O. The van der Waals surface area contributed by atoms with Crippen LogP contribution in [0.5, 0.6) is 0 Å². The molecule has 0 saturated heterocycles. The fourth-order valence-electron chi connectivity index (χ4n) is 4.18. The SMILES string of the molecule is Cc1ccc(C(=O)N[C@H]2CC[C@@H](Nc3ccnc4cc(Cl)ccc34)CC2)c(C)c1. The van der Waals surface area contributed by atoms with E-state index >= 15 is 0 Å². The molecule has 1 heterocycles. The van der Waals surface area contributed by atoms with E-state index in [1.54, 1.807) is 0 Å². The zero-order valence-electron chi connectivity index (χ0n) is 16.8. The first-order chi connectivity index (χ1) is 14.0. The summed E-state index contributed by atoms with van der Waals surface area (Å²) >= 11 is 6.09. The van der Waals surface area contributed by atoms with Crippen molar-refractivity contribution in [3.63, 3.8) is 0 Å². The summed E-state index contributed by atoms with van der Waals surface area (Å²) in [6.45, 7) is 4.04. The summed E-state index contributed by atoms with van der Waals surface area (Å²) in [6.07, 6.45) is 5.81. The summed E-state index contributed by atoms with van der Waals surface area (Å²) in [5.74, 6) is 0.0379. The fraction of sp³-hybridized carbons (Fsp3) is 0.333. The highest BCUT2D eigenvalue weighted by atomic mass is 35.5. The second-order valence-electron chi connectivity index (χ2n) is 8.00. The number of nitrogens with one attached hydrogen (secondary N) is 2. The minimum Gasteiger partial charge on any atom is -0.382 e. The lowest BCUT2D eigenvalue weighted by molar-refractivity contribution is 0.0926. The second-order valence-corrected chi connectivity index (χ2v) is 8.44. The summed E-state index contributed by atoms with van der Waals surface area (Å²) in [6, 6.07) is 14.4. The van der Waals surface area contributed by atoms with E-state index in [9.17, 15) is 4.79 Å². The standard InChI is InChI=1S/C24H26ClN3O/c1-15-3-9-20(16(2)13-15)24(29)28-19-7-5-18(6-8-19)27-22-11-12-26-23-14-17(25)4-10-21(22)23/h3-4,9-14,18-19H,5-8H2,1-2H3,(H,26,27)(H,28,29)/t18-,19+. The lowest BCUT2D eigenvalue weighted by Gasteiger charge is -2.30. The van der Waals surface area contributed by atoms with Crippen LogP contribution >= 0.6 is 11.6 Å². The Balaban J connectivity index is 1.36. The van der Waals surface area contributed by atoms with Gasteiger partial charge in [0.15, 0.2) is 0 Å². The van der Waals surface area contributed by atoms with Crippen LogP contribution in [0.3, 0.4) is 0 Å². The molecule has 1 fully saturated rings. The molecule has 0 unspecified atom stereocenters. The maximum atomic E-state index is 12.6. The van der Waals surface area contributed by atoms with E-state index in [1.807, 2.05) is 56.4 Å². The lowest BCUT2D eigenvalue weighted by Crippen LogP contribution is -2.40. The van der Waals surface area contributed by atoms with Gasteiger partial charge in [-0.3, -0.25) is 9.78 Å². The van der Waals surface area contributed by atoms with Crippen molar-refractivity contribution in [2.24, 2.45) is 0 Å². The van der Waals surface area contributed by atoms with Crippen molar-refractivity contribution in [3.8, 4) is 0 Å². The third-order valence-corrected chi connectivity index (χ3v) is 5.99. The third-order valence-electron chi connectivity index (χ3n) is 5.75. The molecule has 1 saturated carbocycles. The molecule has 5 heteroatoms. The minimum absolute atomic E-state index is 0.0379. The van der Waals surface area contributed by atoms with Gasteiger partial charge < -0.3 is 10.6 Å². The van der Waals surface area contributed by atoms with Crippen molar-refractivity contribution in [2.75, 3.05) is 5.32 Å². The number of halogens is 1. The number of benzene rings is 2. The lowest BCUT2D eigenvalue weighted by atomic mass is 9.90. The normalized spacial score (nSPS) is 19.1. The van der Waals surface area contributed by atoms with Gasteiger partial charge in [-0.2, -0.15) is 0 Å². The summed E-state index contributed by atoms with van der Waals surface area (Å²) in [5.41, 5.74) is 4.98. The van der Waals surface area contributed by atoms with Gasteiger partial charge in [0.25, 0.3) is 5.91 Å². The molecule has 29 heavy (non-hydrogen) atoms. The van der Waals surface area contributed by atoms with Crippen LogP contribution in [-0.2, 0) is 0 Å². The Morgan fingerprint density at radius 2 is 1.76 bits per heavy atom. The number of fused-ring (bicyclic) bond motifs is 1. The van der Waals surface area contributed by atoms with Crippen molar-refractivity contribution in [1.82, 2.24) is 10.3 Å². The Kier molecular flexibility index (Phi) is 5.72. The molecule has 4 nitrogen and oxygen atoms in total. The van der Waals surface area contributed by atoms with Gasteiger partial charge in [-0.15, -0.1) is 0 Å². The molecule has 1 aliphatic carbocycles. The molecule has 0 bridgehead atoms. The predicted molar refractivity (Wildman–Crippen MR) is 120 cm³/mol. The average Bonchev–Trinajstić information content (AvgIpc) is 2.69. The molecule has 2 aromatic carbocycles. The molecule has 0 aliphatic heterocycles. The van der Waals surface area contributed by atoms with E-state index in [4.69, 9.17) is 11.6 Å². The molecule has 1 aliphatic rings. The molecule has 1 aromatic heterocycles. The highest BCUT2D eigenvalue weighted by molar-refractivity contribution is 6.31. The number of pyridine rings is 1. The number of hydrogen-bond donors (Lipinski definition) is 2. The highest BCUT2D eigenvalue weighted by Crippen LogP contribution is 2.28. The molecule has 0 atom stereocenters. The van der Waals surface area contributed by atoms with Crippen LogP contribution in [0.2, 0.25) is 5.02 Å². The molecule has 1 amide bonds. The van der Waals surface area contributed by atoms with Gasteiger partial charge in [-0.25, -0.2) is 0 Å². The van der Waals surface area contributed by atoms with E-state index in [-0.39, 0.29) is 11.9 Å². The Morgan fingerprint density at radius 1 is 1.00 bits per heavy atom. The summed E-state index contributed by atoms with van der Waals surface area (Å²) in [4.78, 5) is 17.1. The maximum absolute atomic E-state index is 12.6. The highest BCUT2D eigenvalue weighted by Gasteiger charge is 2.23. The zero-order valence-corrected chi connectivity index (χ0v) is 17.6. The second kappa shape index (κ2) is 8.42. The minimum atomic E-state index is 0.0379. The quantitative estimate of drug-likeness (QED) is 0.586. The number of aromatic nitrogens is 1. The Labute approximate surface area is 176 Å². The van der Waals surface area contributed by atoms with E-state index in [1.165, 1.54) is 5.56 Å². The molecular weight excluding hydrogens is 382 g/mol. The van der Waals surface area contributed by atoms with Crippen LogP contribution in [0.1, 0.15) is 47.2 Å². The molecule has 150 valence electrons. The van der Waals surface area contributed by atoms with Crippen LogP contribution < -0.4 is 10.6 Å². The van der Waals surface area contributed by atoms with E-state index in [2.05, 4.69) is 21.7 Å². The molecule has 0 spiro atoms. The number of amides is 1. The Morgan fingerprint density at radius 3 is 2.52 bits per heavy atom. The van der Waals surface area contributed by atoms with E-state index < -0.39 is 0 Å². The summed E-state index contributed by atoms with van der Waals surface area (Å²) in [5, 5.41) is 8.67. The molecule has 0 radical (unpaired) electrons. The molecule has 3 aromatic rings. The zero-order chi connectivity index (χ0) is 20.4. The number of nitrogens with zero attached hydrogens (tertiary/aromatic N) is 1. The largest absolute Gasteiger partial charge is 0.382 e. The van der Waals surface area contributed by atoms with Crippen molar-refractivity contribution >= 4 is 34.1 Å². The van der Waals surface area contributed by atoms with Gasteiger partial charge in [0, 0.05) is 39.9 Å². The first-order valence-electron chi connectivity index (χ1n) is 10.2. The summed E-state index contributed by atoms with van der Waals surface area (Å²) < 4.78 is 0. The van der Waals surface area contributed by atoms with Gasteiger partial charge in [-0.05, 0) is 75.4 Å². The average molecular weight is 408 g/mol. The maximum Gasteiger partial charge on any atom is 0.251 e. The molecule has 2 N–H and O–H groups in total. The van der Waals surface area contributed by atoms with E-state index in [0.29, 0.717) is 11.1 Å². The Hall–Kier alpha value is -2.59. The van der Waals surface area contributed by atoms with Crippen molar-refractivity contribution in [2.45, 2.75) is 51.6 Å². The number of rotatable bonds is 4. The van der Waals surface area contributed by atoms with Gasteiger partial charge in [-0.1, -0.05) is 29.3 Å². The van der Waals surface area contributed by atoms with Crippen molar-refractivity contribution < 1.29 is 4.79 Å². The molecule has 4 rings (SSSR count). The fourth-order valence-corrected chi connectivity index (χ4v) is 4.35. The van der Waals surface area contributed by atoms with Gasteiger partial charge >= 0.3 is 0 Å². The van der Waals surface area contributed by atoms with Crippen molar-refractivity contribution in [3.05, 3.63) is 70.4 Å². The predicted octanol–water partition coefficient (Wildman–Crippen LogP) is 5.66. The summed E-state index contributed by atoms with van der Waals surface area (Å²) in [7, 11) is 0. The first kappa shape index (κ1) is 19.7. The number of anilines is 1. The van der Waals surface area contributed by atoms with Crippen LogP contribution in [0.15, 0.2) is 48.7 Å². The third kappa shape index (κ3) is 4.54. The smallest absolute Gasteiger partial charge is 0.251 e. The Bertz CT molecular complexity index is 1040. The number of carbonyl (C=O) groups is 1. The van der Waals surface area contributed by atoms with Crippen LogP contribution in [0.4, 0.5) is 5.69 Å². The first-order valence-corrected chi connectivity index (χ1v) is 10.6. The van der Waals surface area contributed by atoms with Gasteiger partial charge in [0.05, 0.1) is 5.52 Å². The van der Waals surface area contributed by atoms with Gasteiger partial charge in [0.1, 0.15) is 0 Å². The van der Waals surface area contributed by atoms with Crippen LogP contribution in [0.25, 0.3) is 10.9 Å². The van der Waals surface area contributed by atoms with Crippen LogP contribution in [0, 0.1) is 13.8 Å².